The van der Waals surface area contributed by atoms with Crippen LogP contribution >= 0.6 is 15.9 Å². The smallest absolute Gasteiger partial charge is 0.311 e. The van der Waals surface area contributed by atoms with Crippen molar-refractivity contribution in [2.24, 2.45) is 0 Å². The third-order valence-electron chi connectivity index (χ3n) is 0.575. The molecule has 0 heterocycles. The van der Waals surface area contributed by atoms with Gasteiger partial charge in [-0.05, 0) is 22.5 Å². The zero-order valence-electron chi connectivity index (χ0n) is 4.55. The number of alkyl halides is 3. The van der Waals surface area contributed by atoms with E-state index in [1.807, 2.05) is 0 Å². The van der Waals surface area contributed by atoms with Crippen molar-refractivity contribution in [3.8, 4) is 0 Å². The van der Waals surface area contributed by atoms with Crippen molar-refractivity contribution in [3.05, 3.63) is 0 Å². The Morgan fingerprint density at radius 2 is 2.12 bits per heavy atom. The standard InChI is InChI=1S/C4H8BrF2N/c1-2-8-3-4(5,6)7/h8H,2-3H2,1H3. The van der Waals surface area contributed by atoms with Crippen LogP contribution in [0.2, 0.25) is 0 Å². The molecule has 8 heavy (non-hydrogen) atoms. The zero-order chi connectivity index (χ0) is 6.62. The van der Waals surface area contributed by atoms with Crippen molar-refractivity contribution in [2.75, 3.05) is 13.1 Å². The molecule has 0 aromatic heterocycles. The van der Waals surface area contributed by atoms with Crippen LogP contribution in [0, 0.1) is 0 Å². The van der Waals surface area contributed by atoms with Crippen LogP contribution in [-0.2, 0) is 0 Å². The summed E-state index contributed by atoms with van der Waals surface area (Å²) in [6.07, 6.45) is 0. The lowest BCUT2D eigenvalue weighted by atomic mass is 10.6. The molecule has 0 aliphatic heterocycles. The largest absolute Gasteiger partial charge is 0.313 e. The molecule has 0 aromatic carbocycles. The molecule has 0 saturated carbocycles. The van der Waals surface area contributed by atoms with Gasteiger partial charge < -0.3 is 5.32 Å². The van der Waals surface area contributed by atoms with Crippen LogP contribution in [0.1, 0.15) is 6.92 Å². The Morgan fingerprint density at radius 1 is 1.62 bits per heavy atom. The van der Waals surface area contributed by atoms with Crippen molar-refractivity contribution in [2.45, 2.75) is 11.8 Å². The van der Waals surface area contributed by atoms with Gasteiger partial charge in [-0.15, -0.1) is 0 Å². The van der Waals surface area contributed by atoms with Crippen LogP contribution in [0.25, 0.3) is 0 Å². The van der Waals surface area contributed by atoms with E-state index in [4.69, 9.17) is 0 Å². The van der Waals surface area contributed by atoms with Gasteiger partial charge in [-0.25, -0.2) is 0 Å². The SMILES string of the molecule is CCNCC(F)(F)Br. The molecule has 0 radical (unpaired) electrons. The van der Waals surface area contributed by atoms with Crippen molar-refractivity contribution in [3.63, 3.8) is 0 Å². The van der Waals surface area contributed by atoms with E-state index in [1.54, 1.807) is 6.92 Å². The highest BCUT2D eigenvalue weighted by molar-refractivity contribution is 9.10. The summed E-state index contributed by atoms with van der Waals surface area (Å²) < 4.78 is 23.5. The number of hydrogen-bond acceptors (Lipinski definition) is 1. The van der Waals surface area contributed by atoms with Crippen LogP contribution in [-0.4, -0.2) is 17.9 Å². The topological polar surface area (TPSA) is 12.0 Å². The lowest BCUT2D eigenvalue weighted by Gasteiger charge is -2.06. The number of rotatable bonds is 3. The highest BCUT2D eigenvalue weighted by Gasteiger charge is 2.21. The molecular weight excluding hydrogens is 180 g/mol. The van der Waals surface area contributed by atoms with Gasteiger partial charge in [0.25, 0.3) is 0 Å². The van der Waals surface area contributed by atoms with E-state index < -0.39 is 4.83 Å². The van der Waals surface area contributed by atoms with E-state index in [-0.39, 0.29) is 6.54 Å². The molecule has 0 atom stereocenters. The first-order valence-corrected chi connectivity index (χ1v) is 3.13. The lowest BCUT2D eigenvalue weighted by molar-refractivity contribution is 0.114. The zero-order valence-corrected chi connectivity index (χ0v) is 6.13. The highest BCUT2D eigenvalue weighted by Crippen LogP contribution is 2.19. The van der Waals surface area contributed by atoms with Gasteiger partial charge in [-0.2, -0.15) is 8.78 Å². The van der Waals surface area contributed by atoms with E-state index in [1.165, 1.54) is 0 Å². The first-order chi connectivity index (χ1) is 3.56. The molecule has 0 saturated heterocycles. The van der Waals surface area contributed by atoms with Gasteiger partial charge in [-0.3, -0.25) is 0 Å². The van der Waals surface area contributed by atoms with Crippen molar-refractivity contribution >= 4 is 15.9 Å². The van der Waals surface area contributed by atoms with E-state index in [0.29, 0.717) is 6.54 Å². The second-order valence-corrected chi connectivity index (χ2v) is 2.56. The molecule has 0 fully saturated rings. The van der Waals surface area contributed by atoms with Crippen LogP contribution in [0.4, 0.5) is 8.78 Å². The molecule has 1 nitrogen and oxygen atoms in total. The Kier molecular flexibility index (Phi) is 3.48. The maximum atomic E-state index is 11.8. The number of nitrogens with one attached hydrogen (secondary N) is 1. The predicted octanol–water partition coefficient (Wildman–Crippen LogP) is 1.58. The van der Waals surface area contributed by atoms with E-state index in [0.717, 1.165) is 0 Å². The van der Waals surface area contributed by atoms with Crippen LogP contribution in [0.3, 0.4) is 0 Å². The molecule has 0 rings (SSSR count). The molecule has 4 heteroatoms. The molecule has 0 amide bonds. The van der Waals surface area contributed by atoms with Gasteiger partial charge in [-0.1, -0.05) is 6.92 Å². The Balaban J connectivity index is 3.11. The van der Waals surface area contributed by atoms with Crippen molar-refractivity contribution in [1.29, 1.82) is 0 Å². The quantitative estimate of drug-likeness (QED) is 0.663. The number of hydrogen-bond donors (Lipinski definition) is 1. The summed E-state index contributed by atoms with van der Waals surface area (Å²) in [4.78, 5) is -2.75. The first-order valence-electron chi connectivity index (χ1n) is 2.33. The highest BCUT2D eigenvalue weighted by atomic mass is 79.9. The van der Waals surface area contributed by atoms with Crippen LogP contribution in [0.15, 0.2) is 0 Å². The molecule has 50 valence electrons. The summed E-state index contributed by atoms with van der Waals surface area (Å²) in [5.74, 6) is 0. The third kappa shape index (κ3) is 6.30. The van der Waals surface area contributed by atoms with Gasteiger partial charge in [0.1, 0.15) is 0 Å². The van der Waals surface area contributed by atoms with Gasteiger partial charge in [0.2, 0.25) is 0 Å². The maximum Gasteiger partial charge on any atom is 0.313 e. The minimum Gasteiger partial charge on any atom is -0.311 e. The van der Waals surface area contributed by atoms with E-state index in [9.17, 15) is 8.78 Å². The molecule has 0 unspecified atom stereocenters. The van der Waals surface area contributed by atoms with Crippen LogP contribution in [0.5, 0.6) is 0 Å². The van der Waals surface area contributed by atoms with Crippen molar-refractivity contribution in [1.82, 2.24) is 5.32 Å². The Labute approximate surface area is 55.6 Å². The minimum atomic E-state index is -2.75. The fourth-order valence-electron chi connectivity index (χ4n) is 0.267. The maximum absolute atomic E-state index is 11.8. The van der Waals surface area contributed by atoms with Gasteiger partial charge in [0.05, 0.1) is 6.54 Å². The molecule has 0 aromatic rings. The lowest BCUT2D eigenvalue weighted by Crippen LogP contribution is -2.26. The molecular formula is C4H8BrF2N. The normalized spacial score (nSPS) is 12.0. The molecule has 0 bridgehead atoms. The summed E-state index contributed by atoms with van der Waals surface area (Å²) in [7, 11) is 0. The average molecular weight is 188 g/mol. The summed E-state index contributed by atoms with van der Waals surface area (Å²) >= 11 is 2.18. The molecule has 0 spiro atoms. The first kappa shape index (κ1) is 8.30. The van der Waals surface area contributed by atoms with Crippen LogP contribution < -0.4 is 5.32 Å². The Hall–Kier alpha value is 0.300. The average Bonchev–Trinajstić information content (AvgIpc) is 1.59. The Morgan fingerprint density at radius 3 is 2.25 bits per heavy atom. The third-order valence-corrected chi connectivity index (χ3v) is 0.856. The Bertz CT molecular complexity index is 61.5. The molecule has 0 aliphatic carbocycles. The monoisotopic (exact) mass is 187 g/mol. The second-order valence-electron chi connectivity index (χ2n) is 1.40. The fraction of sp³-hybridized carbons (Fsp3) is 1.00. The summed E-state index contributed by atoms with van der Waals surface area (Å²) in [6.45, 7) is 2.05. The fourth-order valence-corrected chi connectivity index (χ4v) is 0.465. The summed E-state index contributed by atoms with van der Waals surface area (Å²) in [5.41, 5.74) is 0. The summed E-state index contributed by atoms with van der Waals surface area (Å²) in [5, 5.41) is 2.49. The van der Waals surface area contributed by atoms with Gasteiger partial charge in [0, 0.05) is 0 Å². The molecule has 0 aliphatic rings. The molecule has 1 N–H and O–H groups in total. The van der Waals surface area contributed by atoms with Gasteiger partial charge in [0.15, 0.2) is 0 Å². The second kappa shape index (κ2) is 3.35. The van der Waals surface area contributed by atoms with Gasteiger partial charge >= 0.3 is 4.83 Å². The minimum absolute atomic E-state index is 0.302. The summed E-state index contributed by atoms with van der Waals surface area (Å²) in [6, 6.07) is 0. The number of halogens is 3. The van der Waals surface area contributed by atoms with Crippen molar-refractivity contribution < 1.29 is 8.78 Å². The van der Waals surface area contributed by atoms with E-state index in [2.05, 4.69) is 21.2 Å². The van der Waals surface area contributed by atoms with E-state index >= 15 is 0 Å². The predicted molar refractivity (Wildman–Crippen MR) is 32.4 cm³/mol.